The fourth-order valence-electron chi connectivity index (χ4n) is 1.98. The Bertz CT molecular complexity index is 433. The first-order valence-electron chi connectivity index (χ1n) is 5.92. The van der Waals surface area contributed by atoms with Gasteiger partial charge in [-0.05, 0) is 17.7 Å². The summed E-state index contributed by atoms with van der Waals surface area (Å²) in [6, 6.07) is 3.82. The number of nitrogens with one attached hydrogen (secondary N) is 1. The zero-order valence-corrected chi connectivity index (χ0v) is 10.7. The molecular weight excluding hydrogens is 256 g/mol. The van der Waals surface area contributed by atoms with Crippen LogP contribution in [-0.2, 0) is 11.2 Å². The maximum atomic E-state index is 13.0. The summed E-state index contributed by atoms with van der Waals surface area (Å²) in [4.78, 5) is 11.8. The van der Waals surface area contributed by atoms with Crippen molar-refractivity contribution in [3.8, 4) is 0 Å². The third-order valence-corrected chi connectivity index (χ3v) is 3.99. The van der Waals surface area contributed by atoms with Gasteiger partial charge in [0.05, 0.1) is 0 Å². The van der Waals surface area contributed by atoms with E-state index < -0.39 is 11.6 Å². The Kier molecular flexibility index (Phi) is 4.72. The highest BCUT2D eigenvalue weighted by atomic mass is 32.2. The first kappa shape index (κ1) is 13.5. The first-order valence-corrected chi connectivity index (χ1v) is 7.07. The van der Waals surface area contributed by atoms with Gasteiger partial charge in [-0.25, -0.2) is 8.78 Å². The fraction of sp³-hybridized carbons (Fsp3) is 0.462. The van der Waals surface area contributed by atoms with E-state index in [9.17, 15) is 13.6 Å². The molecule has 0 saturated carbocycles. The van der Waals surface area contributed by atoms with Gasteiger partial charge in [0, 0.05) is 36.9 Å². The minimum absolute atomic E-state index is 0.0565. The summed E-state index contributed by atoms with van der Waals surface area (Å²) in [5.74, 6) is 0.293. The Morgan fingerprint density at radius 1 is 1.39 bits per heavy atom. The van der Waals surface area contributed by atoms with Gasteiger partial charge in [-0.15, -0.1) is 0 Å². The van der Waals surface area contributed by atoms with Gasteiger partial charge in [-0.2, -0.15) is 11.8 Å². The number of rotatable bonds is 4. The standard InChI is InChI=1S/C13H15F2NOS/c14-12-2-1-9(6-13(12)15)5-11(17)7-10-8-18-4-3-16-10/h1-2,6,10,16H,3-5,7-8H2. The maximum Gasteiger partial charge on any atom is 0.159 e. The molecule has 1 N–H and O–H groups in total. The first-order chi connectivity index (χ1) is 8.65. The summed E-state index contributed by atoms with van der Waals surface area (Å²) in [6.07, 6.45) is 0.617. The van der Waals surface area contributed by atoms with Crippen LogP contribution in [0.4, 0.5) is 8.78 Å². The highest BCUT2D eigenvalue weighted by Crippen LogP contribution is 2.13. The highest BCUT2D eigenvalue weighted by molar-refractivity contribution is 7.99. The molecular formula is C13H15F2NOS. The molecule has 0 radical (unpaired) electrons. The second kappa shape index (κ2) is 6.29. The number of ketones is 1. The Balaban J connectivity index is 1.88. The minimum Gasteiger partial charge on any atom is -0.312 e. The van der Waals surface area contributed by atoms with Gasteiger partial charge in [0.2, 0.25) is 0 Å². The van der Waals surface area contributed by atoms with E-state index in [0.717, 1.165) is 30.2 Å². The average Bonchev–Trinajstić information content (AvgIpc) is 2.35. The summed E-state index contributed by atoms with van der Waals surface area (Å²) in [7, 11) is 0. The lowest BCUT2D eigenvalue weighted by Crippen LogP contribution is -2.39. The molecule has 2 nitrogen and oxygen atoms in total. The van der Waals surface area contributed by atoms with E-state index in [1.165, 1.54) is 6.07 Å². The summed E-state index contributed by atoms with van der Waals surface area (Å²) in [5.41, 5.74) is 0.530. The molecule has 0 spiro atoms. The van der Waals surface area contributed by atoms with Crippen molar-refractivity contribution < 1.29 is 13.6 Å². The molecule has 1 heterocycles. The molecule has 2 rings (SSSR count). The summed E-state index contributed by atoms with van der Waals surface area (Å²) in [6.45, 7) is 0.924. The number of carbonyl (C=O) groups excluding carboxylic acids is 1. The van der Waals surface area contributed by atoms with Crippen molar-refractivity contribution in [2.75, 3.05) is 18.1 Å². The van der Waals surface area contributed by atoms with Crippen LogP contribution in [0.1, 0.15) is 12.0 Å². The van der Waals surface area contributed by atoms with Crippen LogP contribution < -0.4 is 5.32 Å². The van der Waals surface area contributed by atoms with Crippen molar-refractivity contribution in [1.29, 1.82) is 0 Å². The van der Waals surface area contributed by atoms with Crippen molar-refractivity contribution in [3.63, 3.8) is 0 Å². The summed E-state index contributed by atoms with van der Waals surface area (Å²) < 4.78 is 25.7. The molecule has 1 saturated heterocycles. The number of carbonyl (C=O) groups is 1. The summed E-state index contributed by atoms with van der Waals surface area (Å²) in [5, 5.41) is 3.28. The third-order valence-electron chi connectivity index (χ3n) is 2.86. The van der Waals surface area contributed by atoms with Crippen LogP contribution in [0.5, 0.6) is 0 Å². The smallest absolute Gasteiger partial charge is 0.159 e. The molecule has 98 valence electrons. The quantitative estimate of drug-likeness (QED) is 0.910. The van der Waals surface area contributed by atoms with E-state index in [-0.39, 0.29) is 18.2 Å². The molecule has 18 heavy (non-hydrogen) atoms. The molecule has 1 aromatic carbocycles. The molecule has 0 amide bonds. The predicted molar refractivity (Wildman–Crippen MR) is 68.8 cm³/mol. The molecule has 1 unspecified atom stereocenters. The molecule has 1 atom stereocenters. The van der Waals surface area contributed by atoms with Crippen LogP contribution in [0.3, 0.4) is 0 Å². The Morgan fingerprint density at radius 3 is 2.89 bits per heavy atom. The van der Waals surface area contributed by atoms with E-state index in [1.54, 1.807) is 0 Å². The normalized spacial score (nSPS) is 19.8. The van der Waals surface area contributed by atoms with E-state index in [1.807, 2.05) is 11.8 Å². The van der Waals surface area contributed by atoms with Crippen molar-refractivity contribution in [3.05, 3.63) is 35.4 Å². The maximum absolute atomic E-state index is 13.0. The molecule has 0 aliphatic carbocycles. The number of hydrogen-bond acceptors (Lipinski definition) is 3. The number of hydrogen-bond donors (Lipinski definition) is 1. The van der Waals surface area contributed by atoms with Gasteiger partial charge in [-0.1, -0.05) is 6.07 Å². The van der Waals surface area contributed by atoms with Gasteiger partial charge >= 0.3 is 0 Å². The topological polar surface area (TPSA) is 29.1 Å². The molecule has 1 aliphatic rings. The van der Waals surface area contributed by atoms with Crippen LogP contribution in [0, 0.1) is 11.6 Å². The lowest BCUT2D eigenvalue weighted by molar-refractivity contribution is -0.118. The van der Waals surface area contributed by atoms with Gasteiger partial charge in [0.15, 0.2) is 11.6 Å². The highest BCUT2D eigenvalue weighted by Gasteiger charge is 2.17. The molecule has 5 heteroatoms. The number of halogens is 2. The van der Waals surface area contributed by atoms with Crippen molar-refractivity contribution in [2.45, 2.75) is 18.9 Å². The largest absolute Gasteiger partial charge is 0.312 e. The lowest BCUT2D eigenvalue weighted by atomic mass is 10.0. The predicted octanol–water partition coefficient (Wildman–Crippen LogP) is 2.17. The SMILES string of the molecule is O=C(Cc1ccc(F)c(F)c1)CC1CSCCN1. The van der Waals surface area contributed by atoms with E-state index in [4.69, 9.17) is 0 Å². The van der Waals surface area contributed by atoms with Crippen LogP contribution in [0.25, 0.3) is 0 Å². The van der Waals surface area contributed by atoms with Crippen molar-refractivity contribution in [2.24, 2.45) is 0 Å². The Labute approximate surface area is 109 Å². The number of Topliss-reactive ketones (excluding diaryl/α,β-unsaturated/α-hetero) is 1. The van der Waals surface area contributed by atoms with E-state index in [2.05, 4.69) is 5.32 Å². The van der Waals surface area contributed by atoms with Crippen molar-refractivity contribution >= 4 is 17.5 Å². The number of benzene rings is 1. The molecule has 1 aromatic rings. The monoisotopic (exact) mass is 271 g/mol. The molecule has 0 bridgehead atoms. The van der Waals surface area contributed by atoms with Gasteiger partial charge in [0.1, 0.15) is 5.78 Å². The van der Waals surface area contributed by atoms with Gasteiger partial charge < -0.3 is 5.32 Å². The zero-order chi connectivity index (χ0) is 13.0. The van der Waals surface area contributed by atoms with Crippen LogP contribution >= 0.6 is 11.8 Å². The number of thioether (sulfide) groups is 1. The second-order valence-corrected chi connectivity index (χ2v) is 5.54. The lowest BCUT2D eigenvalue weighted by Gasteiger charge is -2.22. The molecule has 0 aromatic heterocycles. The van der Waals surface area contributed by atoms with Gasteiger partial charge in [-0.3, -0.25) is 4.79 Å². The van der Waals surface area contributed by atoms with E-state index in [0.29, 0.717) is 12.0 Å². The van der Waals surface area contributed by atoms with Crippen molar-refractivity contribution in [1.82, 2.24) is 5.32 Å². The Hall–Kier alpha value is -0.940. The van der Waals surface area contributed by atoms with Crippen LogP contribution in [-0.4, -0.2) is 29.9 Å². The second-order valence-electron chi connectivity index (χ2n) is 4.39. The fourth-order valence-corrected chi connectivity index (χ4v) is 2.92. The average molecular weight is 271 g/mol. The summed E-state index contributed by atoms with van der Waals surface area (Å²) >= 11 is 1.83. The minimum atomic E-state index is -0.897. The Morgan fingerprint density at radius 2 is 2.22 bits per heavy atom. The molecule has 1 fully saturated rings. The molecule has 1 aliphatic heterocycles. The van der Waals surface area contributed by atoms with E-state index >= 15 is 0 Å². The van der Waals surface area contributed by atoms with Crippen LogP contribution in [0.15, 0.2) is 18.2 Å². The van der Waals surface area contributed by atoms with Gasteiger partial charge in [0.25, 0.3) is 0 Å². The third kappa shape index (κ3) is 3.78. The van der Waals surface area contributed by atoms with Crippen LogP contribution in [0.2, 0.25) is 0 Å². The zero-order valence-electron chi connectivity index (χ0n) is 9.92.